The van der Waals surface area contributed by atoms with E-state index in [0.29, 0.717) is 23.3 Å². The quantitative estimate of drug-likeness (QED) is 0.392. The molecule has 0 saturated heterocycles. The molecule has 176 valence electrons. The number of H-pyrrole nitrogens is 1. The Balaban J connectivity index is 1.74. The van der Waals surface area contributed by atoms with E-state index in [-0.39, 0.29) is 11.0 Å². The van der Waals surface area contributed by atoms with E-state index in [0.717, 1.165) is 30.8 Å². The SMILES string of the molecule is CCCC(C)(C)CCNCc1ccc(C)nc(Cc2cc(=O)c3c(F)cccc3o2)c[nH]c1. The summed E-state index contributed by atoms with van der Waals surface area (Å²) in [4.78, 5) is 20.2. The van der Waals surface area contributed by atoms with Crippen LogP contribution in [0.25, 0.3) is 11.0 Å². The molecule has 0 amide bonds. The van der Waals surface area contributed by atoms with Gasteiger partial charge in [-0.2, -0.15) is 0 Å². The van der Waals surface area contributed by atoms with Crippen molar-refractivity contribution in [2.24, 2.45) is 5.41 Å². The van der Waals surface area contributed by atoms with Crippen molar-refractivity contribution in [1.82, 2.24) is 15.3 Å². The Morgan fingerprint density at radius 2 is 1.97 bits per heavy atom. The molecule has 1 aromatic carbocycles. The predicted octanol–water partition coefficient (Wildman–Crippen LogP) is 5.98. The third-order valence-corrected chi connectivity index (χ3v) is 5.72. The maximum atomic E-state index is 14.0. The summed E-state index contributed by atoms with van der Waals surface area (Å²) in [5, 5.41) is 3.51. The minimum atomic E-state index is -0.574. The standard InChI is InChI=1S/C27H34FN3O2/c1-5-11-27(3,4)12-13-29-16-20-10-9-19(2)31-21(18-30-17-20)14-22-15-24(32)26-23(28)7-6-8-25(26)33-22/h6-10,15,17-18,29-30H,5,11-14,16H2,1-4H3. The molecular weight excluding hydrogens is 417 g/mol. The second kappa shape index (κ2) is 11.2. The minimum absolute atomic E-state index is 0.0245. The highest BCUT2D eigenvalue weighted by Gasteiger charge is 2.15. The Morgan fingerprint density at radius 3 is 2.76 bits per heavy atom. The lowest BCUT2D eigenvalue weighted by molar-refractivity contribution is 0.298. The summed E-state index contributed by atoms with van der Waals surface area (Å²) >= 11 is 0. The zero-order valence-corrected chi connectivity index (χ0v) is 20.0. The Bertz CT molecular complexity index is 1200. The van der Waals surface area contributed by atoms with E-state index >= 15 is 0 Å². The molecule has 0 atom stereocenters. The zero-order valence-electron chi connectivity index (χ0n) is 20.0. The van der Waals surface area contributed by atoms with Gasteiger partial charge < -0.3 is 14.7 Å². The van der Waals surface area contributed by atoms with Crippen LogP contribution in [0.5, 0.6) is 0 Å². The summed E-state index contributed by atoms with van der Waals surface area (Å²) in [6.45, 7) is 10.5. The molecule has 0 fully saturated rings. The van der Waals surface area contributed by atoms with E-state index < -0.39 is 11.2 Å². The highest BCUT2D eigenvalue weighted by molar-refractivity contribution is 5.76. The maximum absolute atomic E-state index is 14.0. The van der Waals surface area contributed by atoms with Crippen molar-refractivity contribution in [3.63, 3.8) is 0 Å². The number of nitrogens with one attached hydrogen (secondary N) is 2. The van der Waals surface area contributed by atoms with E-state index in [1.807, 2.05) is 25.3 Å². The van der Waals surface area contributed by atoms with Gasteiger partial charge in [0.2, 0.25) is 0 Å². The second-order valence-corrected chi connectivity index (χ2v) is 9.32. The fourth-order valence-corrected chi connectivity index (χ4v) is 3.96. The Kier molecular flexibility index (Phi) is 8.39. The second-order valence-electron chi connectivity index (χ2n) is 9.32. The normalized spacial score (nSPS) is 11.5. The Hall–Kier alpha value is -2.99. The first-order chi connectivity index (χ1) is 15.8. The van der Waals surface area contributed by atoms with Gasteiger partial charge in [0, 0.05) is 37.1 Å². The summed E-state index contributed by atoms with van der Waals surface area (Å²) in [6.07, 6.45) is 7.63. The molecule has 6 heteroatoms. The van der Waals surface area contributed by atoms with Crippen molar-refractivity contribution in [2.75, 3.05) is 6.54 Å². The highest BCUT2D eigenvalue weighted by Crippen LogP contribution is 2.25. The zero-order chi connectivity index (χ0) is 23.8. The third kappa shape index (κ3) is 7.26. The number of rotatable bonds is 9. The van der Waals surface area contributed by atoms with E-state index in [1.165, 1.54) is 31.0 Å². The topological polar surface area (TPSA) is 70.9 Å². The van der Waals surface area contributed by atoms with Crippen LogP contribution in [0.4, 0.5) is 4.39 Å². The molecule has 33 heavy (non-hydrogen) atoms. The molecule has 0 radical (unpaired) electrons. The summed E-state index contributed by atoms with van der Waals surface area (Å²) < 4.78 is 19.7. The molecule has 0 unspecified atom stereocenters. The van der Waals surface area contributed by atoms with Crippen LogP contribution in [-0.2, 0) is 13.0 Å². The first kappa shape index (κ1) is 24.6. The van der Waals surface area contributed by atoms with Crippen LogP contribution in [0.3, 0.4) is 0 Å². The summed E-state index contributed by atoms with van der Waals surface area (Å²) in [5.41, 5.74) is 2.87. The van der Waals surface area contributed by atoms with Gasteiger partial charge in [0.15, 0.2) is 5.43 Å². The molecule has 0 aliphatic rings. The largest absolute Gasteiger partial charge is 0.460 e. The van der Waals surface area contributed by atoms with Gasteiger partial charge in [-0.3, -0.25) is 9.78 Å². The number of aromatic amines is 1. The van der Waals surface area contributed by atoms with Crippen LogP contribution in [0.2, 0.25) is 0 Å². The smallest absolute Gasteiger partial charge is 0.195 e. The molecule has 0 bridgehead atoms. The summed E-state index contributed by atoms with van der Waals surface area (Å²) in [6, 6.07) is 9.75. The fourth-order valence-electron chi connectivity index (χ4n) is 3.96. The van der Waals surface area contributed by atoms with E-state index in [9.17, 15) is 9.18 Å². The van der Waals surface area contributed by atoms with Gasteiger partial charge in [-0.1, -0.05) is 39.3 Å². The summed E-state index contributed by atoms with van der Waals surface area (Å²) in [5.74, 6) is -0.137. The molecule has 0 aliphatic carbocycles. The molecule has 0 saturated carbocycles. The van der Waals surface area contributed by atoms with Crippen molar-refractivity contribution < 1.29 is 8.81 Å². The molecular formula is C27H34FN3O2. The van der Waals surface area contributed by atoms with Gasteiger partial charge >= 0.3 is 0 Å². The van der Waals surface area contributed by atoms with E-state index in [4.69, 9.17) is 4.42 Å². The lowest BCUT2D eigenvalue weighted by Gasteiger charge is -2.23. The van der Waals surface area contributed by atoms with Crippen LogP contribution in [0.1, 0.15) is 62.7 Å². The molecule has 0 spiro atoms. The molecule has 0 aliphatic heterocycles. The number of aryl methyl sites for hydroxylation is 1. The number of fused-ring (bicyclic) bond motifs is 1. The molecule has 3 rings (SSSR count). The van der Waals surface area contributed by atoms with Gasteiger partial charge in [-0.25, -0.2) is 4.39 Å². The fraction of sp³-hybridized carbons (Fsp3) is 0.407. The summed E-state index contributed by atoms with van der Waals surface area (Å²) in [7, 11) is 0. The molecule has 3 aromatic rings. The third-order valence-electron chi connectivity index (χ3n) is 5.72. The molecule has 5 nitrogen and oxygen atoms in total. The molecule has 2 N–H and O–H groups in total. The van der Waals surface area contributed by atoms with Crippen LogP contribution in [0.15, 0.2) is 58.0 Å². The predicted molar refractivity (Wildman–Crippen MR) is 131 cm³/mol. The van der Waals surface area contributed by atoms with E-state index in [1.54, 1.807) is 12.3 Å². The van der Waals surface area contributed by atoms with Crippen molar-refractivity contribution in [3.8, 4) is 0 Å². The first-order valence-corrected chi connectivity index (χ1v) is 11.6. The van der Waals surface area contributed by atoms with Gasteiger partial charge in [0.1, 0.15) is 22.5 Å². The average molecular weight is 452 g/mol. The highest BCUT2D eigenvalue weighted by atomic mass is 19.1. The van der Waals surface area contributed by atoms with Crippen LogP contribution in [-0.4, -0.2) is 16.5 Å². The number of halogens is 1. The number of nitrogens with zero attached hydrogens (tertiary/aromatic N) is 1. The lowest BCUT2D eigenvalue weighted by Crippen LogP contribution is -2.22. The Morgan fingerprint density at radius 1 is 1.15 bits per heavy atom. The minimum Gasteiger partial charge on any atom is -0.460 e. The van der Waals surface area contributed by atoms with Crippen LogP contribution >= 0.6 is 0 Å². The van der Waals surface area contributed by atoms with Crippen molar-refractivity contribution in [2.45, 2.75) is 59.9 Å². The first-order valence-electron chi connectivity index (χ1n) is 11.6. The van der Waals surface area contributed by atoms with Gasteiger partial charge in [-0.05, 0) is 55.5 Å². The Labute approximate surface area is 194 Å². The number of benzene rings is 1. The van der Waals surface area contributed by atoms with Gasteiger partial charge in [0.25, 0.3) is 0 Å². The average Bonchev–Trinajstić information content (AvgIpc) is 2.81. The molecule has 2 aromatic heterocycles. The van der Waals surface area contributed by atoms with E-state index in [2.05, 4.69) is 36.1 Å². The van der Waals surface area contributed by atoms with Gasteiger partial charge in [0.05, 0.1) is 5.69 Å². The lowest BCUT2D eigenvalue weighted by atomic mass is 9.85. The maximum Gasteiger partial charge on any atom is 0.195 e. The van der Waals surface area contributed by atoms with Crippen molar-refractivity contribution >= 4 is 11.0 Å². The van der Waals surface area contributed by atoms with Crippen molar-refractivity contribution in [3.05, 3.63) is 87.5 Å². The van der Waals surface area contributed by atoms with Crippen LogP contribution < -0.4 is 10.7 Å². The monoisotopic (exact) mass is 451 g/mol. The number of hydrogen-bond donors (Lipinski definition) is 2. The number of hydrogen-bond acceptors (Lipinski definition) is 4. The van der Waals surface area contributed by atoms with Crippen molar-refractivity contribution in [1.29, 1.82) is 0 Å². The van der Waals surface area contributed by atoms with Crippen LogP contribution in [0, 0.1) is 18.2 Å². The van der Waals surface area contributed by atoms with Gasteiger partial charge in [-0.15, -0.1) is 0 Å². The molecule has 2 heterocycles. The number of aromatic nitrogens is 2.